The van der Waals surface area contributed by atoms with E-state index in [9.17, 15) is 13.2 Å². The molecular weight excluding hydrogens is 196 g/mol. The van der Waals surface area contributed by atoms with Crippen LogP contribution in [0.5, 0.6) is 0 Å². The van der Waals surface area contributed by atoms with Crippen LogP contribution in [0, 0.1) is 11.8 Å². The van der Waals surface area contributed by atoms with Gasteiger partial charge in [0.05, 0.1) is 12.9 Å². The van der Waals surface area contributed by atoms with Crippen molar-refractivity contribution < 1.29 is 22.1 Å². The zero-order valence-electron chi connectivity index (χ0n) is 7.15. The number of hydrogen-bond donors (Lipinski definition) is 0. The zero-order valence-corrected chi connectivity index (χ0v) is 7.96. The monoisotopic (exact) mass is 206 g/mol. The summed E-state index contributed by atoms with van der Waals surface area (Å²) in [5.41, 5.74) is 0. The fourth-order valence-electron chi connectivity index (χ4n) is 0.459. The van der Waals surface area contributed by atoms with Crippen molar-refractivity contribution >= 4 is 16.6 Å². The number of carbonyl (C=O) groups excluding carboxylic acids is 1. The molecule has 0 aromatic heterocycles. The van der Waals surface area contributed by atoms with Crippen molar-refractivity contribution in [3.05, 3.63) is 0 Å². The van der Waals surface area contributed by atoms with Crippen LogP contribution in [0.3, 0.4) is 0 Å². The van der Waals surface area contributed by atoms with Crippen molar-refractivity contribution in [2.24, 2.45) is 0 Å². The van der Waals surface area contributed by atoms with E-state index < -0.39 is 10.1 Å². The van der Waals surface area contributed by atoms with Gasteiger partial charge in [0.15, 0.2) is 6.61 Å². The summed E-state index contributed by atoms with van der Waals surface area (Å²) in [4.78, 5) is 9.63. The van der Waals surface area contributed by atoms with Gasteiger partial charge in [0, 0.05) is 6.42 Å². The maximum atomic E-state index is 10.4. The van der Waals surface area contributed by atoms with Gasteiger partial charge in [0.2, 0.25) is 0 Å². The molecule has 0 aliphatic carbocycles. The molecule has 5 nitrogen and oxygen atoms in total. The van der Waals surface area contributed by atoms with Crippen molar-refractivity contribution in [2.75, 3.05) is 19.5 Å². The Labute approximate surface area is 77.2 Å². The molecule has 0 heterocycles. The van der Waals surface area contributed by atoms with Crippen LogP contribution in [0.4, 0.5) is 0 Å². The number of ether oxygens (including phenoxy) is 1. The summed E-state index contributed by atoms with van der Waals surface area (Å²) < 4.78 is 29.5. The molecule has 0 unspecified atom stereocenters. The molecule has 0 aromatic carbocycles. The highest BCUT2D eigenvalue weighted by Gasteiger charge is 1.98. The third kappa shape index (κ3) is 10.9. The van der Waals surface area contributed by atoms with E-state index >= 15 is 0 Å². The first-order valence-corrected chi connectivity index (χ1v) is 5.23. The summed E-state index contributed by atoms with van der Waals surface area (Å²) in [6.07, 6.45) is 1.26. The average molecular weight is 206 g/mol. The summed E-state index contributed by atoms with van der Waals surface area (Å²) in [5.74, 6) is 5.06. The molecule has 0 aromatic rings. The van der Waals surface area contributed by atoms with E-state index in [4.69, 9.17) is 0 Å². The summed E-state index contributed by atoms with van der Waals surface area (Å²) in [6, 6.07) is 0. The molecule has 0 amide bonds. The minimum Gasteiger partial charge on any atom is -0.455 e. The van der Waals surface area contributed by atoms with Gasteiger partial charge >= 0.3 is 0 Å². The van der Waals surface area contributed by atoms with Crippen LogP contribution in [0.1, 0.15) is 6.42 Å². The van der Waals surface area contributed by atoms with Gasteiger partial charge in [0.1, 0.15) is 0 Å². The lowest BCUT2D eigenvalue weighted by atomic mass is 10.4. The molecule has 0 radical (unpaired) electrons. The summed E-state index contributed by atoms with van der Waals surface area (Å²) in [5, 5.41) is 0. The summed E-state index contributed by atoms with van der Waals surface area (Å²) >= 11 is 0. The van der Waals surface area contributed by atoms with Gasteiger partial charge in [-0.25, -0.2) is 0 Å². The first-order valence-electron chi connectivity index (χ1n) is 3.41. The predicted molar refractivity (Wildman–Crippen MR) is 45.2 cm³/mol. The van der Waals surface area contributed by atoms with Crippen molar-refractivity contribution in [1.29, 1.82) is 0 Å². The van der Waals surface area contributed by atoms with E-state index in [1.54, 1.807) is 0 Å². The second kappa shape index (κ2) is 6.46. The first kappa shape index (κ1) is 11.9. The maximum Gasteiger partial charge on any atom is 0.294 e. The number of hydrogen-bond acceptors (Lipinski definition) is 5. The largest absolute Gasteiger partial charge is 0.455 e. The highest BCUT2D eigenvalue weighted by atomic mass is 32.2. The van der Waals surface area contributed by atoms with Crippen LogP contribution < -0.4 is 0 Å². The minimum absolute atomic E-state index is 0.0162. The zero-order chi connectivity index (χ0) is 10.2. The summed E-state index contributed by atoms with van der Waals surface area (Å²) in [6.45, 7) is 0.330. The molecule has 0 fully saturated rings. The van der Waals surface area contributed by atoms with Gasteiger partial charge in [-0.1, -0.05) is 11.8 Å². The molecule has 0 rings (SSSR count). The number of carbonyl (C=O) groups is 1. The second-order valence-electron chi connectivity index (χ2n) is 2.04. The Morgan fingerprint density at radius 1 is 1.38 bits per heavy atom. The van der Waals surface area contributed by atoms with Crippen molar-refractivity contribution in [2.45, 2.75) is 6.42 Å². The van der Waals surface area contributed by atoms with Gasteiger partial charge in [-0.2, -0.15) is 8.42 Å². The SMILES string of the molecule is CS(=O)(=O)OCCC#CCOC=O. The Bertz CT molecular complexity index is 295. The Balaban J connectivity index is 3.43. The lowest BCUT2D eigenvalue weighted by Gasteiger charge is -1.94. The third-order valence-corrected chi connectivity index (χ3v) is 1.47. The van der Waals surface area contributed by atoms with Gasteiger partial charge in [0.25, 0.3) is 16.6 Å². The van der Waals surface area contributed by atoms with Gasteiger partial charge in [-0.15, -0.1) is 0 Å². The Hall–Kier alpha value is -1.06. The summed E-state index contributed by atoms with van der Waals surface area (Å²) in [7, 11) is -3.38. The van der Waals surface area contributed by atoms with Crippen LogP contribution in [-0.4, -0.2) is 34.4 Å². The van der Waals surface area contributed by atoms with Crippen molar-refractivity contribution in [1.82, 2.24) is 0 Å². The molecule has 0 saturated carbocycles. The van der Waals surface area contributed by atoms with Crippen LogP contribution in [0.15, 0.2) is 0 Å². The average Bonchev–Trinajstić information content (AvgIpc) is 2.01. The molecule has 0 N–H and O–H groups in total. The Morgan fingerprint density at radius 2 is 2.08 bits per heavy atom. The molecule has 13 heavy (non-hydrogen) atoms. The topological polar surface area (TPSA) is 69.7 Å². The molecule has 0 spiro atoms. The van der Waals surface area contributed by atoms with Crippen molar-refractivity contribution in [3.8, 4) is 11.8 Å². The van der Waals surface area contributed by atoms with E-state index in [0.29, 0.717) is 6.47 Å². The Kier molecular flexibility index (Phi) is 5.93. The first-order chi connectivity index (χ1) is 6.06. The fraction of sp³-hybridized carbons (Fsp3) is 0.571. The molecular formula is C7H10O5S. The lowest BCUT2D eigenvalue weighted by Crippen LogP contribution is -2.03. The van der Waals surface area contributed by atoms with Crippen LogP contribution in [0.25, 0.3) is 0 Å². The molecule has 0 aliphatic heterocycles. The van der Waals surface area contributed by atoms with E-state index in [1.165, 1.54) is 0 Å². The van der Waals surface area contributed by atoms with Crippen LogP contribution >= 0.6 is 0 Å². The quantitative estimate of drug-likeness (QED) is 0.263. The molecule has 6 heteroatoms. The van der Waals surface area contributed by atoms with E-state index in [1.807, 2.05) is 0 Å². The van der Waals surface area contributed by atoms with Crippen LogP contribution in [-0.2, 0) is 23.8 Å². The van der Waals surface area contributed by atoms with E-state index in [-0.39, 0.29) is 19.6 Å². The fourth-order valence-corrected chi connectivity index (χ4v) is 0.845. The molecule has 0 bridgehead atoms. The molecule has 74 valence electrons. The third-order valence-electron chi connectivity index (χ3n) is 0.873. The van der Waals surface area contributed by atoms with Crippen LogP contribution in [0.2, 0.25) is 0 Å². The normalized spacial score (nSPS) is 9.92. The lowest BCUT2D eigenvalue weighted by molar-refractivity contribution is -0.127. The van der Waals surface area contributed by atoms with E-state index in [0.717, 1.165) is 6.26 Å². The van der Waals surface area contributed by atoms with Gasteiger partial charge < -0.3 is 4.74 Å². The highest BCUT2D eigenvalue weighted by Crippen LogP contribution is 1.87. The number of rotatable bonds is 5. The molecule has 0 atom stereocenters. The Morgan fingerprint density at radius 3 is 2.62 bits per heavy atom. The van der Waals surface area contributed by atoms with Gasteiger partial charge in [-0.05, 0) is 0 Å². The van der Waals surface area contributed by atoms with Gasteiger partial charge in [-0.3, -0.25) is 8.98 Å². The highest BCUT2D eigenvalue weighted by molar-refractivity contribution is 7.85. The maximum absolute atomic E-state index is 10.4. The minimum atomic E-state index is -3.38. The molecule has 0 saturated heterocycles. The standard InChI is InChI=1S/C7H10O5S/c1-13(9,10)12-6-4-2-3-5-11-7-8/h7H,4-6H2,1H3. The predicted octanol–water partition coefficient (Wildman–Crippen LogP) is -0.471. The van der Waals surface area contributed by atoms with E-state index in [2.05, 4.69) is 20.8 Å². The van der Waals surface area contributed by atoms with Crippen molar-refractivity contribution in [3.63, 3.8) is 0 Å². The smallest absolute Gasteiger partial charge is 0.294 e. The molecule has 0 aliphatic rings. The second-order valence-corrected chi connectivity index (χ2v) is 3.68.